The number of hydrogen-bond donors (Lipinski definition) is 2. The van der Waals surface area contributed by atoms with Crippen molar-refractivity contribution in [3.05, 3.63) is 71.4 Å². The SMILES string of the molecule is CN(C=O)CCC(C)(O)C#Cc1cccc(-c2nc(C(N)=O)cc(-c3cc(F)cc(F)c3)n2)c1. The number of primary amides is 1. The van der Waals surface area contributed by atoms with E-state index < -0.39 is 23.1 Å². The molecule has 9 heteroatoms. The molecule has 1 aromatic heterocycles. The van der Waals surface area contributed by atoms with Gasteiger partial charge in [0.1, 0.15) is 22.9 Å². The largest absolute Gasteiger partial charge is 0.378 e. The van der Waals surface area contributed by atoms with Crippen LogP contribution in [0.25, 0.3) is 22.6 Å². The highest BCUT2D eigenvalue weighted by atomic mass is 19.1. The Morgan fingerprint density at radius 1 is 1.15 bits per heavy atom. The van der Waals surface area contributed by atoms with E-state index in [9.17, 15) is 23.5 Å². The molecule has 7 nitrogen and oxygen atoms in total. The number of aliphatic hydroxyl groups is 1. The number of nitrogens with zero attached hydrogens (tertiary/aromatic N) is 3. The van der Waals surface area contributed by atoms with Gasteiger partial charge in [0.2, 0.25) is 6.41 Å². The van der Waals surface area contributed by atoms with Crippen LogP contribution in [0.4, 0.5) is 8.78 Å². The molecule has 3 aromatic rings. The van der Waals surface area contributed by atoms with Crippen LogP contribution in [0.2, 0.25) is 0 Å². The van der Waals surface area contributed by atoms with Gasteiger partial charge in [-0.2, -0.15) is 0 Å². The minimum atomic E-state index is -1.33. The molecule has 0 fully saturated rings. The molecule has 0 spiro atoms. The summed E-state index contributed by atoms with van der Waals surface area (Å²) in [7, 11) is 1.60. The Hall–Kier alpha value is -4.16. The second-order valence-corrected chi connectivity index (χ2v) is 7.93. The van der Waals surface area contributed by atoms with Crippen LogP contribution in [0, 0.1) is 23.5 Å². The molecular weight excluding hydrogens is 442 g/mol. The molecule has 2 aromatic carbocycles. The van der Waals surface area contributed by atoms with Crippen molar-refractivity contribution in [3.63, 3.8) is 0 Å². The topological polar surface area (TPSA) is 109 Å². The van der Waals surface area contributed by atoms with Crippen molar-refractivity contribution in [1.82, 2.24) is 14.9 Å². The highest BCUT2D eigenvalue weighted by Gasteiger charge is 2.17. The van der Waals surface area contributed by atoms with Crippen molar-refractivity contribution in [2.75, 3.05) is 13.6 Å². The summed E-state index contributed by atoms with van der Waals surface area (Å²) in [4.78, 5) is 32.5. The summed E-state index contributed by atoms with van der Waals surface area (Å²) in [6.45, 7) is 1.88. The van der Waals surface area contributed by atoms with Crippen LogP contribution in [0.5, 0.6) is 0 Å². The maximum Gasteiger partial charge on any atom is 0.267 e. The second-order valence-electron chi connectivity index (χ2n) is 7.93. The molecule has 3 N–H and O–H groups in total. The molecule has 0 radical (unpaired) electrons. The maximum absolute atomic E-state index is 13.7. The third kappa shape index (κ3) is 6.43. The molecule has 1 atom stereocenters. The zero-order valence-electron chi connectivity index (χ0n) is 18.5. The van der Waals surface area contributed by atoms with E-state index in [4.69, 9.17) is 5.73 Å². The Kier molecular flexibility index (Phi) is 7.34. The summed E-state index contributed by atoms with van der Waals surface area (Å²) >= 11 is 0. The average Bonchev–Trinajstić information content (AvgIpc) is 2.80. The van der Waals surface area contributed by atoms with E-state index >= 15 is 0 Å². The average molecular weight is 464 g/mol. The van der Waals surface area contributed by atoms with Crippen LogP contribution in [-0.2, 0) is 4.79 Å². The lowest BCUT2D eigenvalue weighted by Gasteiger charge is -2.19. The minimum Gasteiger partial charge on any atom is -0.378 e. The molecule has 0 aliphatic heterocycles. The number of carbonyl (C=O) groups excluding carboxylic acids is 2. The molecule has 0 aliphatic carbocycles. The Balaban J connectivity index is 1.98. The lowest BCUT2D eigenvalue weighted by atomic mass is 10.0. The molecule has 0 aliphatic rings. The first-order valence-corrected chi connectivity index (χ1v) is 10.2. The van der Waals surface area contributed by atoms with Crippen LogP contribution < -0.4 is 5.73 Å². The van der Waals surface area contributed by atoms with Crippen molar-refractivity contribution in [2.45, 2.75) is 18.9 Å². The fourth-order valence-electron chi connectivity index (χ4n) is 3.00. The van der Waals surface area contributed by atoms with E-state index in [1.807, 2.05) is 0 Å². The van der Waals surface area contributed by atoms with Gasteiger partial charge in [-0.3, -0.25) is 9.59 Å². The molecule has 1 unspecified atom stereocenters. The highest BCUT2D eigenvalue weighted by molar-refractivity contribution is 5.92. The molecule has 3 rings (SSSR count). The summed E-state index contributed by atoms with van der Waals surface area (Å²) in [6, 6.07) is 10.9. The third-order valence-electron chi connectivity index (χ3n) is 4.87. The second kappa shape index (κ2) is 10.2. The van der Waals surface area contributed by atoms with Gasteiger partial charge in [0.15, 0.2) is 5.82 Å². The first-order valence-electron chi connectivity index (χ1n) is 10.2. The van der Waals surface area contributed by atoms with Crippen LogP contribution in [0.1, 0.15) is 29.4 Å². The predicted octanol–water partition coefficient (Wildman–Crippen LogP) is 2.77. The minimum absolute atomic E-state index is 0.110. The van der Waals surface area contributed by atoms with Gasteiger partial charge in [0.25, 0.3) is 5.91 Å². The van der Waals surface area contributed by atoms with Gasteiger partial charge in [0.05, 0.1) is 5.69 Å². The summed E-state index contributed by atoms with van der Waals surface area (Å²) < 4.78 is 27.4. The maximum atomic E-state index is 13.7. The Labute approximate surface area is 195 Å². The third-order valence-corrected chi connectivity index (χ3v) is 4.87. The number of halogens is 2. The number of aromatic nitrogens is 2. The predicted molar refractivity (Wildman–Crippen MR) is 122 cm³/mol. The van der Waals surface area contributed by atoms with Crippen LogP contribution >= 0.6 is 0 Å². The normalized spacial score (nSPS) is 12.3. The molecule has 0 saturated carbocycles. The number of amides is 2. The lowest BCUT2D eigenvalue weighted by Crippen LogP contribution is -2.29. The summed E-state index contributed by atoms with van der Waals surface area (Å²) in [5.41, 5.74) is 5.21. The van der Waals surface area contributed by atoms with Crippen LogP contribution in [0.15, 0.2) is 48.5 Å². The molecular formula is C25H22F2N4O3. The zero-order valence-corrected chi connectivity index (χ0v) is 18.5. The monoisotopic (exact) mass is 464 g/mol. The molecule has 0 saturated heterocycles. The van der Waals surface area contributed by atoms with E-state index in [1.54, 1.807) is 38.2 Å². The Bertz CT molecular complexity index is 1280. The van der Waals surface area contributed by atoms with E-state index in [0.717, 1.165) is 18.2 Å². The molecule has 0 bridgehead atoms. The molecule has 34 heavy (non-hydrogen) atoms. The van der Waals surface area contributed by atoms with Crippen molar-refractivity contribution in [1.29, 1.82) is 0 Å². The number of benzene rings is 2. The first-order chi connectivity index (χ1) is 16.1. The van der Waals surface area contributed by atoms with E-state index in [-0.39, 0.29) is 29.2 Å². The smallest absolute Gasteiger partial charge is 0.267 e. The number of hydrogen-bond acceptors (Lipinski definition) is 5. The summed E-state index contributed by atoms with van der Waals surface area (Å²) in [6.07, 6.45) is 0.923. The highest BCUT2D eigenvalue weighted by Crippen LogP contribution is 2.24. The number of carbonyl (C=O) groups is 2. The van der Waals surface area contributed by atoms with Crippen molar-refractivity contribution in [2.24, 2.45) is 5.73 Å². The lowest BCUT2D eigenvalue weighted by molar-refractivity contribution is -0.117. The van der Waals surface area contributed by atoms with Gasteiger partial charge in [0, 0.05) is 42.8 Å². The van der Waals surface area contributed by atoms with Gasteiger partial charge in [-0.25, -0.2) is 18.7 Å². The Morgan fingerprint density at radius 2 is 1.85 bits per heavy atom. The molecule has 1 heterocycles. The van der Waals surface area contributed by atoms with E-state index in [1.165, 1.54) is 11.0 Å². The zero-order chi connectivity index (χ0) is 24.9. The Morgan fingerprint density at radius 3 is 2.50 bits per heavy atom. The van der Waals surface area contributed by atoms with Gasteiger partial charge in [-0.15, -0.1) is 0 Å². The van der Waals surface area contributed by atoms with Crippen molar-refractivity contribution >= 4 is 12.3 Å². The van der Waals surface area contributed by atoms with Crippen LogP contribution in [0.3, 0.4) is 0 Å². The van der Waals surface area contributed by atoms with Gasteiger partial charge < -0.3 is 15.7 Å². The van der Waals surface area contributed by atoms with Crippen LogP contribution in [-0.4, -0.2) is 51.5 Å². The van der Waals surface area contributed by atoms with E-state index in [2.05, 4.69) is 21.8 Å². The number of nitrogens with two attached hydrogens (primary N) is 1. The summed E-state index contributed by atoms with van der Waals surface area (Å²) in [5, 5.41) is 10.5. The van der Waals surface area contributed by atoms with Gasteiger partial charge in [-0.05, 0) is 37.3 Å². The quantitative estimate of drug-likeness (QED) is 0.413. The molecule has 2 amide bonds. The van der Waals surface area contributed by atoms with E-state index in [0.29, 0.717) is 24.1 Å². The fraction of sp³-hybridized carbons (Fsp3) is 0.200. The summed E-state index contributed by atoms with van der Waals surface area (Å²) in [5.74, 6) is 3.36. The fourth-order valence-corrected chi connectivity index (χ4v) is 3.00. The molecule has 174 valence electrons. The van der Waals surface area contributed by atoms with Crippen molar-refractivity contribution in [3.8, 4) is 34.5 Å². The van der Waals surface area contributed by atoms with Gasteiger partial charge in [-0.1, -0.05) is 24.0 Å². The standard InChI is InChI=1S/C25H22F2N4O3/c1-25(34,8-9-31(2)15-32)7-6-16-4-3-5-17(10-16)24-29-21(14-22(30-24)23(28)33)18-11-19(26)13-20(27)12-18/h3-5,10-15,34H,8-9H2,1-2H3,(H2,28,33). The van der Waals surface area contributed by atoms with Gasteiger partial charge >= 0.3 is 0 Å². The first kappa shape index (κ1) is 24.5. The number of rotatable bonds is 7. The van der Waals surface area contributed by atoms with Crippen molar-refractivity contribution < 1.29 is 23.5 Å².